The zero-order chi connectivity index (χ0) is 15.3. The number of anilines is 1. The number of hydrogen-bond acceptors (Lipinski definition) is 4. The number of carbonyl (C=O) groups excluding carboxylic acids is 1. The van der Waals surface area contributed by atoms with Gasteiger partial charge in [-0.2, -0.15) is 0 Å². The molecule has 1 heterocycles. The average molecular weight is 277 g/mol. The van der Waals surface area contributed by atoms with E-state index in [9.17, 15) is 4.79 Å². The first-order chi connectivity index (χ1) is 9.42. The molecule has 5 heteroatoms. The number of pyridine rings is 1. The van der Waals surface area contributed by atoms with Crippen LogP contribution in [0.2, 0.25) is 0 Å². The average Bonchev–Trinajstić information content (AvgIpc) is 2.43. The van der Waals surface area contributed by atoms with E-state index in [4.69, 9.17) is 4.84 Å². The first-order valence-electron chi connectivity index (χ1n) is 6.71. The van der Waals surface area contributed by atoms with Gasteiger partial charge in [0, 0.05) is 18.7 Å². The minimum atomic E-state index is -0.293. The van der Waals surface area contributed by atoms with Gasteiger partial charge in [0.2, 0.25) is 0 Å². The summed E-state index contributed by atoms with van der Waals surface area (Å²) in [5, 5.41) is 0. The molecule has 0 unspecified atom stereocenters. The third-order valence-corrected chi connectivity index (χ3v) is 3.10. The Balaban J connectivity index is 3.19. The number of hydrogen-bond donors (Lipinski definition) is 1. The molecule has 1 N–H and O–H groups in total. The van der Waals surface area contributed by atoms with Crippen LogP contribution in [-0.2, 0) is 4.84 Å². The molecule has 1 aromatic heterocycles. The molecule has 0 aromatic carbocycles. The molecule has 0 fully saturated rings. The molecule has 0 aliphatic rings. The zero-order valence-electron chi connectivity index (χ0n) is 12.9. The van der Waals surface area contributed by atoms with E-state index in [2.05, 4.69) is 30.9 Å². The normalized spacial score (nSPS) is 10.5. The quantitative estimate of drug-likeness (QED) is 0.812. The molecule has 1 rings (SSSR count). The van der Waals surface area contributed by atoms with Gasteiger partial charge in [-0.1, -0.05) is 12.7 Å². The summed E-state index contributed by atoms with van der Waals surface area (Å²) in [6, 6.07) is 2.10. The van der Waals surface area contributed by atoms with Gasteiger partial charge in [0.1, 0.15) is 5.82 Å². The van der Waals surface area contributed by atoms with Gasteiger partial charge in [-0.05, 0) is 33.8 Å². The van der Waals surface area contributed by atoms with Gasteiger partial charge < -0.3 is 4.90 Å². The lowest BCUT2D eigenvalue weighted by atomic mass is 10.1. The molecule has 0 bridgehead atoms. The SMILES string of the molecule is C=Cc1cc(C(=O)NOCC)c(C)nc1N(C)C(C)C. The van der Waals surface area contributed by atoms with Gasteiger partial charge in [0.15, 0.2) is 0 Å². The summed E-state index contributed by atoms with van der Waals surface area (Å²) in [6.45, 7) is 12.0. The van der Waals surface area contributed by atoms with E-state index in [0.717, 1.165) is 11.4 Å². The van der Waals surface area contributed by atoms with Crippen molar-refractivity contribution in [2.24, 2.45) is 0 Å². The highest BCUT2D eigenvalue weighted by Gasteiger charge is 2.17. The minimum Gasteiger partial charge on any atom is -0.357 e. The van der Waals surface area contributed by atoms with Crippen LogP contribution in [0, 0.1) is 6.92 Å². The number of aromatic nitrogens is 1. The van der Waals surface area contributed by atoms with Crippen LogP contribution in [0.3, 0.4) is 0 Å². The number of rotatable bonds is 6. The second-order valence-electron chi connectivity index (χ2n) is 4.81. The molecule has 0 radical (unpaired) electrons. The molecule has 0 spiro atoms. The lowest BCUT2D eigenvalue weighted by Crippen LogP contribution is -2.29. The fourth-order valence-electron chi connectivity index (χ4n) is 1.71. The van der Waals surface area contributed by atoms with Crippen LogP contribution in [0.1, 0.15) is 42.4 Å². The molecule has 5 nitrogen and oxygen atoms in total. The second kappa shape index (κ2) is 7.05. The Bertz CT molecular complexity index is 498. The van der Waals surface area contributed by atoms with Crippen molar-refractivity contribution in [2.45, 2.75) is 33.7 Å². The molecule has 0 saturated heterocycles. The Morgan fingerprint density at radius 2 is 2.25 bits per heavy atom. The summed E-state index contributed by atoms with van der Waals surface area (Å²) in [5.41, 5.74) is 4.37. The van der Waals surface area contributed by atoms with E-state index in [1.54, 1.807) is 19.1 Å². The van der Waals surface area contributed by atoms with Gasteiger partial charge in [-0.15, -0.1) is 0 Å². The summed E-state index contributed by atoms with van der Waals surface area (Å²) in [5.74, 6) is 0.527. The van der Waals surface area contributed by atoms with E-state index in [1.165, 1.54) is 0 Å². The summed E-state index contributed by atoms with van der Waals surface area (Å²) in [4.78, 5) is 23.5. The fourth-order valence-corrected chi connectivity index (χ4v) is 1.71. The van der Waals surface area contributed by atoms with Crippen LogP contribution in [0.5, 0.6) is 0 Å². The second-order valence-corrected chi connectivity index (χ2v) is 4.81. The highest BCUT2D eigenvalue weighted by molar-refractivity contribution is 5.95. The van der Waals surface area contributed by atoms with Crippen molar-refractivity contribution in [3.05, 3.63) is 29.5 Å². The van der Waals surface area contributed by atoms with Gasteiger partial charge in [-0.3, -0.25) is 9.63 Å². The minimum absolute atomic E-state index is 0.293. The lowest BCUT2D eigenvalue weighted by Gasteiger charge is -2.25. The first kappa shape index (κ1) is 16.2. The summed E-state index contributed by atoms with van der Waals surface area (Å²) in [6.07, 6.45) is 1.71. The Labute approximate surface area is 120 Å². The van der Waals surface area contributed by atoms with Crippen LogP contribution in [-0.4, -0.2) is 30.6 Å². The van der Waals surface area contributed by atoms with Crippen LogP contribution in [0.25, 0.3) is 6.08 Å². The van der Waals surface area contributed by atoms with Crippen molar-refractivity contribution in [2.75, 3.05) is 18.6 Å². The maximum Gasteiger partial charge on any atom is 0.276 e. The van der Waals surface area contributed by atoms with Gasteiger partial charge >= 0.3 is 0 Å². The number of amides is 1. The molecule has 1 aromatic rings. The molecule has 110 valence electrons. The van der Waals surface area contributed by atoms with E-state index < -0.39 is 0 Å². The van der Waals surface area contributed by atoms with E-state index in [-0.39, 0.29) is 5.91 Å². The summed E-state index contributed by atoms with van der Waals surface area (Å²) >= 11 is 0. The molecule has 0 atom stereocenters. The standard InChI is InChI=1S/C15H23N3O2/c1-7-12-9-13(15(19)17-20-8-2)11(5)16-14(12)18(6)10(3)4/h7,9-10H,1,8H2,2-6H3,(H,17,19). The maximum absolute atomic E-state index is 12.0. The van der Waals surface area contributed by atoms with Crippen molar-refractivity contribution in [1.29, 1.82) is 0 Å². The highest BCUT2D eigenvalue weighted by atomic mass is 16.6. The Morgan fingerprint density at radius 3 is 2.75 bits per heavy atom. The smallest absolute Gasteiger partial charge is 0.276 e. The van der Waals surface area contributed by atoms with Crippen LogP contribution < -0.4 is 10.4 Å². The summed E-state index contributed by atoms with van der Waals surface area (Å²) in [7, 11) is 1.97. The maximum atomic E-state index is 12.0. The highest BCUT2D eigenvalue weighted by Crippen LogP contribution is 2.23. The topological polar surface area (TPSA) is 54.5 Å². The fraction of sp³-hybridized carbons (Fsp3) is 0.467. The monoisotopic (exact) mass is 277 g/mol. The van der Waals surface area contributed by atoms with Crippen molar-refractivity contribution in [1.82, 2.24) is 10.5 Å². The van der Waals surface area contributed by atoms with E-state index in [0.29, 0.717) is 23.9 Å². The third-order valence-electron chi connectivity index (χ3n) is 3.10. The van der Waals surface area contributed by atoms with Crippen molar-refractivity contribution in [3.8, 4) is 0 Å². The third kappa shape index (κ3) is 3.57. The number of nitrogens with zero attached hydrogens (tertiary/aromatic N) is 2. The van der Waals surface area contributed by atoms with E-state index in [1.807, 2.05) is 18.9 Å². The van der Waals surface area contributed by atoms with Crippen LogP contribution in [0.15, 0.2) is 12.6 Å². The Kier molecular flexibility index (Phi) is 5.70. The number of hydroxylamine groups is 1. The zero-order valence-corrected chi connectivity index (χ0v) is 12.9. The molecule has 0 aliphatic carbocycles. The van der Waals surface area contributed by atoms with Gasteiger partial charge in [-0.25, -0.2) is 10.5 Å². The number of aryl methyl sites for hydroxylation is 1. The largest absolute Gasteiger partial charge is 0.357 e. The van der Waals surface area contributed by atoms with Crippen LogP contribution >= 0.6 is 0 Å². The van der Waals surface area contributed by atoms with Crippen molar-refractivity contribution >= 4 is 17.8 Å². The lowest BCUT2D eigenvalue weighted by molar-refractivity contribution is 0.0363. The summed E-state index contributed by atoms with van der Waals surface area (Å²) < 4.78 is 0. The molecule has 0 saturated carbocycles. The molecular formula is C15H23N3O2. The first-order valence-corrected chi connectivity index (χ1v) is 6.71. The number of nitrogens with one attached hydrogen (secondary N) is 1. The molecular weight excluding hydrogens is 254 g/mol. The Morgan fingerprint density at radius 1 is 1.60 bits per heavy atom. The molecule has 1 amide bonds. The molecule has 0 aliphatic heterocycles. The van der Waals surface area contributed by atoms with Gasteiger partial charge in [0.25, 0.3) is 5.91 Å². The van der Waals surface area contributed by atoms with Crippen molar-refractivity contribution < 1.29 is 9.63 Å². The van der Waals surface area contributed by atoms with E-state index >= 15 is 0 Å². The van der Waals surface area contributed by atoms with Crippen LogP contribution in [0.4, 0.5) is 5.82 Å². The molecule has 20 heavy (non-hydrogen) atoms. The van der Waals surface area contributed by atoms with Gasteiger partial charge in [0.05, 0.1) is 17.9 Å². The predicted octanol–water partition coefficient (Wildman–Crippen LogP) is 2.56. The Hall–Kier alpha value is -1.88. The number of carbonyl (C=O) groups is 1. The van der Waals surface area contributed by atoms with Crippen molar-refractivity contribution in [3.63, 3.8) is 0 Å². The predicted molar refractivity (Wildman–Crippen MR) is 81.7 cm³/mol.